The number of rotatable bonds is 5. The zero-order valence-corrected chi connectivity index (χ0v) is 10.7. The third kappa shape index (κ3) is 2.77. The van der Waals surface area contributed by atoms with Gasteiger partial charge in [0.1, 0.15) is 0 Å². The van der Waals surface area contributed by atoms with E-state index in [2.05, 4.69) is 29.3 Å². The van der Waals surface area contributed by atoms with Gasteiger partial charge in [-0.3, -0.25) is 0 Å². The van der Waals surface area contributed by atoms with Crippen LogP contribution in [0, 0.1) is 0 Å². The second-order valence-corrected chi connectivity index (χ2v) is 5.48. The summed E-state index contributed by atoms with van der Waals surface area (Å²) >= 11 is 1.93. The Labute approximate surface area is 101 Å². The third-order valence-corrected chi connectivity index (χ3v) is 4.12. The van der Waals surface area contributed by atoms with Gasteiger partial charge in [-0.25, -0.2) is 0 Å². The molecule has 0 radical (unpaired) electrons. The van der Waals surface area contributed by atoms with Gasteiger partial charge in [0.2, 0.25) is 5.89 Å². The Kier molecular flexibility index (Phi) is 4.23. The highest BCUT2D eigenvalue weighted by atomic mass is 32.2. The Morgan fingerprint density at radius 3 is 3.19 bits per heavy atom. The van der Waals surface area contributed by atoms with Crippen LogP contribution in [-0.4, -0.2) is 22.4 Å². The van der Waals surface area contributed by atoms with Crippen LogP contribution in [0.15, 0.2) is 4.52 Å². The van der Waals surface area contributed by atoms with Crippen molar-refractivity contribution >= 4 is 11.8 Å². The fraction of sp³-hybridized carbons (Fsp3) is 0.818. The molecule has 0 spiro atoms. The molecule has 5 heteroatoms. The smallest absolute Gasteiger partial charge is 0.243 e. The second kappa shape index (κ2) is 5.68. The van der Waals surface area contributed by atoms with Crippen LogP contribution in [-0.2, 0) is 0 Å². The van der Waals surface area contributed by atoms with E-state index in [-0.39, 0.29) is 6.04 Å². The molecule has 4 nitrogen and oxygen atoms in total. The summed E-state index contributed by atoms with van der Waals surface area (Å²) in [6.07, 6.45) is 3.56. The number of thioether (sulfide) groups is 1. The average Bonchev–Trinajstić information content (AvgIpc) is 2.94. The van der Waals surface area contributed by atoms with Crippen LogP contribution in [0.5, 0.6) is 0 Å². The van der Waals surface area contributed by atoms with Crippen molar-refractivity contribution in [2.45, 2.75) is 44.4 Å². The molecule has 0 amide bonds. The van der Waals surface area contributed by atoms with Crippen LogP contribution in [0.1, 0.15) is 56.1 Å². The fourth-order valence-electron chi connectivity index (χ4n) is 1.78. The molecule has 1 aromatic heterocycles. The van der Waals surface area contributed by atoms with E-state index in [1.165, 1.54) is 18.6 Å². The van der Waals surface area contributed by atoms with E-state index >= 15 is 0 Å². The van der Waals surface area contributed by atoms with Crippen molar-refractivity contribution in [2.75, 3.05) is 12.3 Å². The van der Waals surface area contributed by atoms with Gasteiger partial charge in [0, 0.05) is 0 Å². The fourth-order valence-corrected chi connectivity index (χ4v) is 2.98. The van der Waals surface area contributed by atoms with Crippen molar-refractivity contribution in [1.82, 2.24) is 15.5 Å². The molecular formula is C11H19N3OS. The molecule has 2 rings (SSSR count). The van der Waals surface area contributed by atoms with Crippen LogP contribution < -0.4 is 5.32 Å². The summed E-state index contributed by atoms with van der Waals surface area (Å²) in [5.74, 6) is 2.82. The van der Waals surface area contributed by atoms with E-state index in [9.17, 15) is 0 Å². The van der Waals surface area contributed by atoms with Crippen molar-refractivity contribution in [1.29, 1.82) is 0 Å². The molecule has 1 fully saturated rings. The maximum Gasteiger partial charge on any atom is 0.243 e. The summed E-state index contributed by atoms with van der Waals surface area (Å²) in [6, 6.07) is 0.160. The van der Waals surface area contributed by atoms with E-state index in [1.807, 2.05) is 11.8 Å². The minimum absolute atomic E-state index is 0.160. The van der Waals surface area contributed by atoms with Gasteiger partial charge in [0.05, 0.1) is 11.3 Å². The van der Waals surface area contributed by atoms with Gasteiger partial charge in [-0.2, -0.15) is 16.7 Å². The molecular weight excluding hydrogens is 222 g/mol. The third-order valence-electron chi connectivity index (χ3n) is 2.75. The lowest BCUT2D eigenvalue weighted by atomic mass is 10.2. The Hall–Kier alpha value is -0.550. The van der Waals surface area contributed by atoms with E-state index < -0.39 is 0 Å². The first kappa shape index (κ1) is 11.9. The molecule has 0 aliphatic carbocycles. The molecule has 0 aromatic carbocycles. The van der Waals surface area contributed by atoms with Crippen LogP contribution >= 0.6 is 11.8 Å². The molecule has 0 bridgehead atoms. The number of nitrogens with one attached hydrogen (secondary N) is 1. The maximum absolute atomic E-state index is 5.30. The number of hydrogen-bond acceptors (Lipinski definition) is 5. The molecule has 2 heterocycles. The second-order valence-electron chi connectivity index (χ2n) is 4.17. The van der Waals surface area contributed by atoms with Crippen molar-refractivity contribution < 1.29 is 4.52 Å². The van der Waals surface area contributed by atoms with Gasteiger partial charge in [-0.1, -0.05) is 12.1 Å². The van der Waals surface area contributed by atoms with Gasteiger partial charge in [0.15, 0.2) is 5.82 Å². The first-order valence-electron chi connectivity index (χ1n) is 5.99. The van der Waals surface area contributed by atoms with Gasteiger partial charge in [-0.05, 0) is 38.5 Å². The lowest BCUT2D eigenvalue weighted by molar-refractivity contribution is 0.336. The summed E-state index contributed by atoms with van der Waals surface area (Å²) in [4.78, 5) is 4.48. The monoisotopic (exact) mass is 241 g/mol. The highest BCUT2D eigenvalue weighted by molar-refractivity contribution is 7.99. The SMILES string of the molecule is CCCNC(C)c1nc(C2CCCS2)no1. The predicted octanol–water partition coefficient (Wildman–Crippen LogP) is 2.70. The maximum atomic E-state index is 5.30. The molecule has 90 valence electrons. The summed E-state index contributed by atoms with van der Waals surface area (Å²) in [6.45, 7) is 5.19. The standard InChI is InChI=1S/C11H19N3OS/c1-3-6-12-8(2)11-13-10(14-15-11)9-5-4-7-16-9/h8-9,12H,3-7H2,1-2H3. The molecule has 0 saturated carbocycles. The molecule has 1 aromatic rings. The summed E-state index contributed by atoms with van der Waals surface area (Å²) < 4.78 is 5.30. The predicted molar refractivity (Wildman–Crippen MR) is 65.4 cm³/mol. The van der Waals surface area contributed by atoms with E-state index in [0.29, 0.717) is 5.25 Å². The quantitative estimate of drug-likeness (QED) is 0.859. The van der Waals surface area contributed by atoms with Crippen LogP contribution in [0.25, 0.3) is 0 Å². The summed E-state index contributed by atoms with van der Waals surface area (Å²) in [7, 11) is 0. The van der Waals surface area contributed by atoms with Crippen molar-refractivity contribution in [3.8, 4) is 0 Å². The van der Waals surface area contributed by atoms with Gasteiger partial charge < -0.3 is 9.84 Å². The molecule has 1 saturated heterocycles. The number of aromatic nitrogens is 2. The first-order chi connectivity index (χ1) is 7.81. The van der Waals surface area contributed by atoms with E-state index in [1.54, 1.807) is 0 Å². The zero-order valence-electron chi connectivity index (χ0n) is 9.90. The van der Waals surface area contributed by atoms with Gasteiger partial charge >= 0.3 is 0 Å². The molecule has 1 aliphatic heterocycles. The number of nitrogens with zero attached hydrogens (tertiary/aromatic N) is 2. The minimum Gasteiger partial charge on any atom is -0.338 e. The summed E-state index contributed by atoms with van der Waals surface area (Å²) in [5, 5.41) is 7.88. The van der Waals surface area contributed by atoms with Crippen molar-refractivity contribution in [3.63, 3.8) is 0 Å². The topological polar surface area (TPSA) is 51.0 Å². The summed E-state index contributed by atoms with van der Waals surface area (Å²) in [5.41, 5.74) is 0. The van der Waals surface area contributed by atoms with Crippen molar-refractivity contribution in [3.05, 3.63) is 11.7 Å². The first-order valence-corrected chi connectivity index (χ1v) is 7.04. The van der Waals surface area contributed by atoms with E-state index in [4.69, 9.17) is 4.52 Å². The Bertz CT molecular complexity index is 323. The zero-order chi connectivity index (χ0) is 11.4. The molecule has 1 aliphatic rings. The van der Waals surface area contributed by atoms with Crippen LogP contribution in [0.3, 0.4) is 0 Å². The molecule has 16 heavy (non-hydrogen) atoms. The Morgan fingerprint density at radius 2 is 2.50 bits per heavy atom. The average molecular weight is 241 g/mol. The lowest BCUT2D eigenvalue weighted by Gasteiger charge is -2.07. The number of hydrogen-bond donors (Lipinski definition) is 1. The largest absolute Gasteiger partial charge is 0.338 e. The molecule has 1 N–H and O–H groups in total. The lowest BCUT2D eigenvalue weighted by Crippen LogP contribution is -2.19. The van der Waals surface area contributed by atoms with Crippen LogP contribution in [0.2, 0.25) is 0 Å². The van der Waals surface area contributed by atoms with Crippen molar-refractivity contribution in [2.24, 2.45) is 0 Å². The van der Waals surface area contributed by atoms with E-state index in [0.717, 1.165) is 24.7 Å². The Balaban J connectivity index is 1.95. The van der Waals surface area contributed by atoms with Gasteiger partial charge in [0.25, 0.3) is 0 Å². The highest BCUT2D eigenvalue weighted by Crippen LogP contribution is 2.38. The Morgan fingerprint density at radius 1 is 1.62 bits per heavy atom. The van der Waals surface area contributed by atoms with Crippen LogP contribution in [0.4, 0.5) is 0 Å². The minimum atomic E-state index is 0.160. The molecule has 2 atom stereocenters. The molecule has 2 unspecified atom stereocenters. The normalized spacial score (nSPS) is 22.5. The highest BCUT2D eigenvalue weighted by Gasteiger charge is 2.24. The van der Waals surface area contributed by atoms with Gasteiger partial charge in [-0.15, -0.1) is 0 Å².